The molecule has 13 heteroatoms. The van der Waals surface area contributed by atoms with Gasteiger partial charge in [-0.1, -0.05) is 40.9 Å². The lowest BCUT2D eigenvalue weighted by Gasteiger charge is -2.15. The first-order chi connectivity index (χ1) is 15.5. The number of halogens is 7. The number of rotatable bonds is 6. The molecule has 1 aromatic carbocycles. The van der Waals surface area contributed by atoms with Crippen molar-refractivity contribution in [1.29, 1.82) is 0 Å². The van der Waals surface area contributed by atoms with Crippen molar-refractivity contribution in [3.63, 3.8) is 0 Å². The van der Waals surface area contributed by atoms with E-state index in [1.54, 1.807) is 18.2 Å². The minimum absolute atomic E-state index is 0.0776. The lowest BCUT2D eigenvalue weighted by atomic mass is 10.2. The Morgan fingerprint density at radius 1 is 1.24 bits per heavy atom. The molecule has 1 aliphatic carbocycles. The van der Waals surface area contributed by atoms with Crippen LogP contribution in [0.25, 0.3) is 0 Å². The Labute approximate surface area is 210 Å². The van der Waals surface area contributed by atoms with E-state index in [-0.39, 0.29) is 27.8 Å². The number of hydrogen-bond acceptors (Lipinski definition) is 3. The number of amides is 1. The molecule has 1 amide bonds. The second-order valence-electron chi connectivity index (χ2n) is 7.69. The lowest BCUT2D eigenvalue weighted by Crippen LogP contribution is -2.26. The average Bonchev–Trinajstić information content (AvgIpc) is 3.41. The maximum Gasteiger partial charge on any atom is 0.436 e. The SMILES string of the molecule is CC(C(=O)Nc1nn(Cc2ccc(Cl)cc2Cl)cc1Cl)n1nc(C(F)(F)F)c(Br)c1C1CC1. The normalized spacial score (nSPS) is 15.0. The Morgan fingerprint density at radius 2 is 1.94 bits per heavy atom. The van der Waals surface area contributed by atoms with Crippen molar-refractivity contribution in [1.82, 2.24) is 19.6 Å². The van der Waals surface area contributed by atoms with Crippen LogP contribution in [0.4, 0.5) is 19.0 Å². The fourth-order valence-corrected chi connectivity index (χ4v) is 4.82. The number of alkyl halides is 3. The number of anilines is 1. The Kier molecular flexibility index (Phi) is 6.74. The first-order valence-electron chi connectivity index (χ1n) is 9.78. The molecular weight excluding hydrogens is 570 g/mol. The summed E-state index contributed by atoms with van der Waals surface area (Å²) >= 11 is 21.3. The van der Waals surface area contributed by atoms with E-state index in [1.807, 2.05) is 0 Å². The number of nitrogens with zero attached hydrogens (tertiary/aromatic N) is 4. The molecule has 33 heavy (non-hydrogen) atoms. The zero-order chi connectivity index (χ0) is 24.1. The number of carbonyl (C=O) groups excluding carboxylic acids is 1. The summed E-state index contributed by atoms with van der Waals surface area (Å²) in [6, 6.07) is 4.00. The molecule has 0 saturated heterocycles. The molecule has 1 fully saturated rings. The van der Waals surface area contributed by atoms with Crippen LogP contribution in [0.5, 0.6) is 0 Å². The molecule has 0 bridgehead atoms. The van der Waals surface area contributed by atoms with Crippen molar-refractivity contribution in [2.45, 2.75) is 44.4 Å². The van der Waals surface area contributed by atoms with Gasteiger partial charge in [0, 0.05) is 22.2 Å². The topological polar surface area (TPSA) is 64.7 Å². The van der Waals surface area contributed by atoms with Crippen LogP contribution in [0.1, 0.15) is 48.7 Å². The van der Waals surface area contributed by atoms with Gasteiger partial charge >= 0.3 is 6.18 Å². The zero-order valence-electron chi connectivity index (χ0n) is 16.9. The first kappa shape index (κ1) is 24.4. The van der Waals surface area contributed by atoms with Gasteiger partial charge in [-0.05, 0) is 53.4 Å². The summed E-state index contributed by atoms with van der Waals surface area (Å²) in [5.74, 6) is -0.601. The van der Waals surface area contributed by atoms with Crippen LogP contribution < -0.4 is 5.32 Å². The summed E-state index contributed by atoms with van der Waals surface area (Å²) in [5.41, 5.74) is 0.0480. The van der Waals surface area contributed by atoms with E-state index in [0.717, 1.165) is 23.1 Å². The third kappa shape index (κ3) is 5.18. The standard InChI is InChI=1S/C20H16BrCl3F3N5O/c1-9(32-16(10-2-3-10)15(21)17(29-32)20(25,26)27)19(33)28-18-14(24)8-31(30-18)7-11-4-5-12(22)6-13(11)23/h4-6,8-10H,2-3,7H2,1H3,(H,28,30,33). The molecular formula is C20H16BrCl3F3N5O. The molecule has 2 aromatic heterocycles. The molecule has 0 aliphatic heterocycles. The van der Waals surface area contributed by atoms with Gasteiger partial charge in [0.2, 0.25) is 5.91 Å². The first-order valence-corrected chi connectivity index (χ1v) is 11.7. The van der Waals surface area contributed by atoms with Gasteiger partial charge in [-0.15, -0.1) is 0 Å². The number of benzene rings is 1. The van der Waals surface area contributed by atoms with Gasteiger partial charge in [-0.3, -0.25) is 14.2 Å². The minimum Gasteiger partial charge on any atom is -0.306 e. The van der Waals surface area contributed by atoms with E-state index in [1.165, 1.54) is 17.8 Å². The minimum atomic E-state index is -4.64. The van der Waals surface area contributed by atoms with Gasteiger partial charge in [0.1, 0.15) is 11.1 Å². The molecule has 0 radical (unpaired) electrons. The summed E-state index contributed by atoms with van der Waals surface area (Å²) in [6.45, 7) is 1.74. The summed E-state index contributed by atoms with van der Waals surface area (Å²) in [4.78, 5) is 12.9. The molecule has 0 spiro atoms. The van der Waals surface area contributed by atoms with Gasteiger partial charge in [-0.2, -0.15) is 23.4 Å². The predicted molar refractivity (Wildman–Crippen MR) is 123 cm³/mol. The Bertz CT molecular complexity index is 1220. The third-order valence-electron chi connectivity index (χ3n) is 5.17. The van der Waals surface area contributed by atoms with Gasteiger partial charge < -0.3 is 5.32 Å². The summed E-state index contributed by atoms with van der Waals surface area (Å²) in [5, 5.41) is 11.7. The largest absolute Gasteiger partial charge is 0.436 e. The molecule has 1 aliphatic rings. The number of carbonyl (C=O) groups is 1. The van der Waals surface area contributed by atoms with E-state index >= 15 is 0 Å². The maximum atomic E-state index is 13.4. The fraction of sp³-hybridized carbons (Fsp3) is 0.350. The average molecular weight is 586 g/mol. The number of hydrogen-bond donors (Lipinski definition) is 1. The van der Waals surface area contributed by atoms with E-state index in [0.29, 0.717) is 15.7 Å². The predicted octanol–water partition coefficient (Wildman–Crippen LogP) is 6.95. The van der Waals surface area contributed by atoms with Gasteiger partial charge in [-0.25, -0.2) is 0 Å². The zero-order valence-corrected chi connectivity index (χ0v) is 20.8. The molecule has 176 valence electrons. The summed E-state index contributed by atoms with van der Waals surface area (Å²) in [6.07, 6.45) is -1.66. The van der Waals surface area contributed by atoms with Crippen LogP contribution in [0.2, 0.25) is 15.1 Å². The van der Waals surface area contributed by atoms with Crippen molar-refractivity contribution < 1.29 is 18.0 Å². The molecule has 6 nitrogen and oxygen atoms in total. The van der Waals surface area contributed by atoms with E-state index in [4.69, 9.17) is 34.8 Å². The van der Waals surface area contributed by atoms with Crippen molar-refractivity contribution in [3.05, 3.63) is 60.9 Å². The molecule has 3 aromatic rings. The Morgan fingerprint density at radius 3 is 2.55 bits per heavy atom. The van der Waals surface area contributed by atoms with Crippen LogP contribution in [-0.4, -0.2) is 25.5 Å². The lowest BCUT2D eigenvalue weighted by molar-refractivity contribution is -0.142. The molecule has 4 rings (SSSR count). The van der Waals surface area contributed by atoms with E-state index < -0.39 is 23.8 Å². The second-order valence-corrected chi connectivity index (χ2v) is 9.73. The summed E-state index contributed by atoms with van der Waals surface area (Å²) in [7, 11) is 0. The molecule has 2 heterocycles. The van der Waals surface area contributed by atoms with Crippen LogP contribution in [0.15, 0.2) is 28.9 Å². The number of nitrogens with one attached hydrogen (secondary N) is 1. The molecule has 1 atom stereocenters. The Hall–Kier alpha value is -1.75. The second kappa shape index (κ2) is 9.13. The highest BCUT2D eigenvalue weighted by Gasteiger charge is 2.43. The van der Waals surface area contributed by atoms with Gasteiger partial charge in [0.25, 0.3) is 0 Å². The van der Waals surface area contributed by atoms with E-state index in [9.17, 15) is 18.0 Å². The van der Waals surface area contributed by atoms with Crippen LogP contribution >= 0.6 is 50.7 Å². The van der Waals surface area contributed by atoms with Crippen molar-refractivity contribution in [2.75, 3.05) is 5.32 Å². The molecule has 1 unspecified atom stereocenters. The molecule has 1 saturated carbocycles. The van der Waals surface area contributed by atoms with Crippen molar-refractivity contribution >= 4 is 62.5 Å². The summed E-state index contributed by atoms with van der Waals surface area (Å²) < 4.78 is 42.6. The van der Waals surface area contributed by atoms with E-state index in [2.05, 4.69) is 31.4 Å². The monoisotopic (exact) mass is 583 g/mol. The highest BCUT2D eigenvalue weighted by molar-refractivity contribution is 9.10. The molecule has 1 N–H and O–H groups in total. The maximum absolute atomic E-state index is 13.4. The van der Waals surface area contributed by atoms with Crippen LogP contribution in [0.3, 0.4) is 0 Å². The van der Waals surface area contributed by atoms with Crippen molar-refractivity contribution in [2.24, 2.45) is 0 Å². The highest BCUT2D eigenvalue weighted by atomic mass is 79.9. The quantitative estimate of drug-likeness (QED) is 0.341. The third-order valence-corrected chi connectivity index (χ3v) is 6.82. The highest BCUT2D eigenvalue weighted by Crippen LogP contribution is 2.47. The fourth-order valence-electron chi connectivity index (χ4n) is 3.35. The number of aromatic nitrogens is 4. The van der Waals surface area contributed by atoms with Gasteiger partial charge in [0.05, 0.1) is 16.7 Å². The van der Waals surface area contributed by atoms with Crippen LogP contribution in [0, 0.1) is 0 Å². The van der Waals surface area contributed by atoms with Crippen molar-refractivity contribution in [3.8, 4) is 0 Å². The smallest absolute Gasteiger partial charge is 0.306 e. The van der Waals surface area contributed by atoms with Crippen LogP contribution in [-0.2, 0) is 17.5 Å². The Balaban J connectivity index is 1.54. The van der Waals surface area contributed by atoms with Gasteiger partial charge in [0.15, 0.2) is 11.5 Å².